The van der Waals surface area contributed by atoms with E-state index in [4.69, 9.17) is 16.3 Å². The van der Waals surface area contributed by atoms with Crippen LogP contribution in [0.3, 0.4) is 0 Å². The largest absolute Gasteiger partial charge is 0.497 e. The van der Waals surface area contributed by atoms with Crippen molar-refractivity contribution in [3.63, 3.8) is 0 Å². The smallest absolute Gasteiger partial charge is 0.242 e. The molecular weight excluding hydrogens is 514 g/mol. The summed E-state index contributed by atoms with van der Waals surface area (Å²) >= 11 is 6.37. The Balaban J connectivity index is 2.20. The number of ether oxygens (including phenoxy) is 1. The van der Waals surface area contributed by atoms with E-state index >= 15 is 0 Å². The fraction of sp³-hybridized carbons (Fsp3) is 0.481. The van der Waals surface area contributed by atoms with E-state index in [0.29, 0.717) is 29.4 Å². The predicted molar refractivity (Wildman–Crippen MR) is 148 cm³/mol. The van der Waals surface area contributed by atoms with Crippen molar-refractivity contribution in [3.05, 3.63) is 59.1 Å². The number of halogens is 1. The van der Waals surface area contributed by atoms with Crippen LogP contribution in [-0.4, -0.2) is 57.6 Å². The van der Waals surface area contributed by atoms with Gasteiger partial charge in [0.15, 0.2) is 0 Å². The number of benzene rings is 2. The van der Waals surface area contributed by atoms with Crippen LogP contribution in [0.25, 0.3) is 0 Å². The third kappa shape index (κ3) is 9.23. The van der Waals surface area contributed by atoms with Crippen LogP contribution in [0.5, 0.6) is 5.75 Å². The molecule has 204 valence electrons. The molecule has 0 heterocycles. The second kappa shape index (κ2) is 14.8. The first kappa shape index (κ1) is 30.4. The monoisotopic (exact) mass is 551 g/mol. The normalized spacial score (nSPS) is 12.0. The maximum atomic E-state index is 13.5. The highest BCUT2D eigenvalue weighted by Crippen LogP contribution is 2.23. The molecule has 2 rings (SSSR count). The molecule has 0 saturated heterocycles. The highest BCUT2D eigenvalue weighted by molar-refractivity contribution is 7.92. The lowest BCUT2D eigenvalue weighted by Gasteiger charge is -2.31. The van der Waals surface area contributed by atoms with Crippen LogP contribution in [0, 0.1) is 0 Å². The number of amides is 2. The van der Waals surface area contributed by atoms with E-state index in [0.717, 1.165) is 24.7 Å². The zero-order chi connectivity index (χ0) is 27.4. The molecule has 2 aromatic carbocycles. The predicted octanol–water partition coefficient (Wildman–Crippen LogP) is 4.62. The van der Waals surface area contributed by atoms with Gasteiger partial charge in [0.1, 0.15) is 11.8 Å². The molecule has 0 spiro atoms. The van der Waals surface area contributed by atoms with Gasteiger partial charge in [-0.05, 0) is 55.2 Å². The van der Waals surface area contributed by atoms with Crippen LogP contribution in [0.15, 0.2) is 48.5 Å². The molecular formula is C27H38ClN3O5S. The second-order valence-electron chi connectivity index (χ2n) is 8.82. The number of sulfonamides is 1. The third-order valence-corrected chi connectivity index (χ3v) is 7.59. The maximum Gasteiger partial charge on any atom is 0.242 e. The van der Waals surface area contributed by atoms with Gasteiger partial charge >= 0.3 is 0 Å². The highest BCUT2D eigenvalue weighted by atomic mass is 35.5. The van der Waals surface area contributed by atoms with Crippen molar-refractivity contribution in [2.45, 2.75) is 58.5 Å². The number of carbonyl (C=O) groups is 2. The Hall–Kier alpha value is -2.78. The number of hydrogen-bond acceptors (Lipinski definition) is 5. The van der Waals surface area contributed by atoms with E-state index < -0.39 is 16.1 Å². The molecule has 0 saturated carbocycles. The summed E-state index contributed by atoms with van der Waals surface area (Å²) in [6.07, 6.45) is 3.74. The highest BCUT2D eigenvalue weighted by Gasteiger charge is 2.29. The second-order valence-corrected chi connectivity index (χ2v) is 11.1. The van der Waals surface area contributed by atoms with E-state index in [-0.39, 0.29) is 37.7 Å². The summed E-state index contributed by atoms with van der Waals surface area (Å²) in [6, 6.07) is 13.3. The SMILES string of the molecule is CCCCNC(=O)[C@H](CC)N(Cc1ccccc1Cl)C(=O)CCCN(c1ccc(OC)cc1)S(C)(=O)=O. The minimum Gasteiger partial charge on any atom is -0.497 e. The molecule has 2 amide bonds. The van der Waals surface area contributed by atoms with Gasteiger partial charge in [0.05, 0.1) is 19.1 Å². The number of methoxy groups -OCH3 is 1. The lowest BCUT2D eigenvalue weighted by molar-refractivity contribution is -0.141. The molecule has 2 aromatic rings. The van der Waals surface area contributed by atoms with Gasteiger partial charge in [0.2, 0.25) is 21.8 Å². The molecule has 0 aliphatic rings. The summed E-state index contributed by atoms with van der Waals surface area (Å²) in [5.74, 6) is 0.179. The minimum absolute atomic E-state index is 0.0748. The van der Waals surface area contributed by atoms with Gasteiger partial charge < -0.3 is 15.0 Å². The summed E-state index contributed by atoms with van der Waals surface area (Å²) in [7, 11) is -2.03. The average molecular weight is 552 g/mol. The lowest BCUT2D eigenvalue weighted by atomic mass is 10.1. The first-order valence-electron chi connectivity index (χ1n) is 12.5. The first-order chi connectivity index (χ1) is 17.6. The molecule has 0 fully saturated rings. The Morgan fingerprint density at radius 1 is 1.05 bits per heavy atom. The van der Waals surface area contributed by atoms with Crippen molar-refractivity contribution in [2.75, 3.05) is 30.8 Å². The van der Waals surface area contributed by atoms with Gasteiger partial charge in [-0.2, -0.15) is 0 Å². The van der Waals surface area contributed by atoms with Gasteiger partial charge in [0.25, 0.3) is 0 Å². The van der Waals surface area contributed by atoms with E-state index in [2.05, 4.69) is 5.32 Å². The zero-order valence-electron chi connectivity index (χ0n) is 22.1. The van der Waals surface area contributed by atoms with Crippen molar-refractivity contribution in [1.29, 1.82) is 0 Å². The quantitative estimate of drug-likeness (QED) is 0.326. The van der Waals surface area contributed by atoms with Crippen LogP contribution >= 0.6 is 11.6 Å². The topological polar surface area (TPSA) is 96.0 Å². The Kier molecular flexibility index (Phi) is 12.2. The van der Waals surface area contributed by atoms with Gasteiger partial charge in [-0.15, -0.1) is 0 Å². The molecule has 0 unspecified atom stereocenters. The molecule has 10 heteroatoms. The number of nitrogens with zero attached hydrogens (tertiary/aromatic N) is 2. The molecule has 0 radical (unpaired) electrons. The summed E-state index contributed by atoms with van der Waals surface area (Å²) in [4.78, 5) is 28.0. The van der Waals surface area contributed by atoms with Crippen molar-refractivity contribution >= 4 is 39.1 Å². The number of anilines is 1. The van der Waals surface area contributed by atoms with Gasteiger partial charge in [0, 0.05) is 31.1 Å². The van der Waals surface area contributed by atoms with Gasteiger partial charge in [-0.25, -0.2) is 8.42 Å². The van der Waals surface area contributed by atoms with Crippen LogP contribution in [0.2, 0.25) is 5.02 Å². The molecule has 37 heavy (non-hydrogen) atoms. The number of rotatable bonds is 15. The minimum atomic E-state index is -3.57. The summed E-state index contributed by atoms with van der Waals surface area (Å²) in [5.41, 5.74) is 1.23. The summed E-state index contributed by atoms with van der Waals surface area (Å²) in [5, 5.41) is 3.45. The Morgan fingerprint density at radius 2 is 1.73 bits per heavy atom. The average Bonchev–Trinajstić information content (AvgIpc) is 2.87. The van der Waals surface area contributed by atoms with E-state index in [1.807, 2.05) is 32.0 Å². The van der Waals surface area contributed by atoms with Crippen LogP contribution in [0.4, 0.5) is 5.69 Å². The molecule has 0 bridgehead atoms. The Bertz CT molecular complexity index is 1130. The molecule has 1 N–H and O–H groups in total. The van der Waals surface area contributed by atoms with E-state index in [1.54, 1.807) is 35.2 Å². The van der Waals surface area contributed by atoms with Crippen molar-refractivity contribution in [3.8, 4) is 5.75 Å². The molecule has 0 aromatic heterocycles. The molecule has 0 aliphatic heterocycles. The van der Waals surface area contributed by atoms with Crippen LogP contribution < -0.4 is 14.4 Å². The van der Waals surface area contributed by atoms with Crippen LogP contribution in [-0.2, 0) is 26.2 Å². The standard InChI is InChI=1S/C27H38ClN3O5S/c1-5-7-18-29-27(33)25(6-2)30(20-21-11-8-9-12-24(21)28)26(32)13-10-19-31(37(4,34)35)22-14-16-23(36-3)17-15-22/h8-9,11-12,14-17,25H,5-7,10,13,18-20H2,1-4H3,(H,29,33)/t25-/m0/s1. The van der Waals surface area contributed by atoms with E-state index in [9.17, 15) is 18.0 Å². The molecule has 8 nitrogen and oxygen atoms in total. The maximum absolute atomic E-state index is 13.5. The zero-order valence-corrected chi connectivity index (χ0v) is 23.6. The number of nitrogens with one attached hydrogen (secondary N) is 1. The number of carbonyl (C=O) groups excluding carboxylic acids is 2. The van der Waals surface area contributed by atoms with E-state index in [1.165, 1.54) is 11.4 Å². The number of unbranched alkanes of at least 4 members (excludes halogenated alkanes) is 1. The van der Waals surface area contributed by atoms with Gasteiger partial charge in [-0.3, -0.25) is 13.9 Å². The fourth-order valence-corrected chi connectivity index (χ4v) is 5.15. The summed E-state index contributed by atoms with van der Waals surface area (Å²) < 4.78 is 31.4. The molecule has 1 atom stereocenters. The Labute approximate surface area is 226 Å². The Morgan fingerprint density at radius 3 is 2.30 bits per heavy atom. The van der Waals surface area contributed by atoms with Gasteiger partial charge in [-0.1, -0.05) is 50.1 Å². The van der Waals surface area contributed by atoms with Crippen LogP contribution in [0.1, 0.15) is 51.5 Å². The lowest BCUT2D eigenvalue weighted by Crippen LogP contribution is -2.49. The molecule has 0 aliphatic carbocycles. The fourth-order valence-electron chi connectivity index (χ4n) is 3.99. The van der Waals surface area contributed by atoms with Crippen molar-refractivity contribution in [2.24, 2.45) is 0 Å². The van der Waals surface area contributed by atoms with Crippen molar-refractivity contribution < 1.29 is 22.7 Å². The third-order valence-electron chi connectivity index (χ3n) is 6.03. The summed E-state index contributed by atoms with van der Waals surface area (Å²) in [6.45, 7) is 4.77. The first-order valence-corrected chi connectivity index (χ1v) is 14.8. The number of hydrogen-bond donors (Lipinski definition) is 1. The van der Waals surface area contributed by atoms with Crippen molar-refractivity contribution in [1.82, 2.24) is 10.2 Å².